The van der Waals surface area contributed by atoms with E-state index in [1.165, 1.54) is 0 Å². The first-order valence-electron chi connectivity index (χ1n) is 6.41. The molecule has 0 heterocycles. The molecule has 0 saturated heterocycles. The van der Waals surface area contributed by atoms with Gasteiger partial charge in [-0.05, 0) is 30.7 Å². The Kier molecular flexibility index (Phi) is 4.56. The van der Waals surface area contributed by atoms with Gasteiger partial charge in [0.15, 0.2) is 0 Å². The van der Waals surface area contributed by atoms with Gasteiger partial charge < -0.3 is 10.1 Å². The molecule has 0 bridgehead atoms. The van der Waals surface area contributed by atoms with Gasteiger partial charge in [0.2, 0.25) is 5.91 Å². The lowest BCUT2D eigenvalue weighted by molar-refractivity contribution is -0.116. The van der Waals surface area contributed by atoms with Crippen molar-refractivity contribution in [2.75, 3.05) is 5.32 Å². The highest BCUT2D eigenvalue weighted by Crippen LogP contribution is 2.23. The van der Waals surface area contributed by atoms with Gasteiger partial charge in [0.25, 0.3) is 0 Å². The van der Waals surface area contributed by atoms with Crippen LogP contribution >= 0.6 is 0 Å². The molecule has 1 N–H and O–H groups in total. The van der Waals surface area contributed by atoms with Crippen molar-refractivity contribution < 1.29 is 9.53 Å². The minimum absolute atomic E-state index is 0.0272. The summed E-state index contributed by atoms with van der Waals surface area (Å²) in [7, 11) is 0. The van der Waals surface area contributed by atoms with E-state index in [2.05, 4.69) is 5.32 Å². The number of benzene rings is 2. The van der Waals surface area contributed by atoms with Crippen molar-refractivity contribution in [1.82, 2.24) is 0 Å². The highest BCUT2D eigenvalue weighted by molar-refractivity contribution is 5.90. The zero-order valence-electron chi connectivity index (χ0n) is 10.9. The molecule has 1 amide bonds. The molecule has 98 valence electrons. The van der Waals surface area contributed by atoms with Crippen LogP contribution in [0.25, 0.3) is 0 Å². The van der Waals surface area contributed by atoms with Gasteiger partial charge in [-0.2, -0.15) is 0 Å². The molecular formula is C16H17NO2. The van der Waals surface area contributed by atoms with Gasteiger partial charge >= 0.3 is 0 Å². The van der Waals surface area contributed by atoms with Gasteiger partial charge in [-0.15, -0.1) is 0 Å². The van der Waals surface area contributed by atoms with Crippen LogP contribution < -0.4 is 10.1 Å². The van der Waals surface area contributed by atoms with Crippen LogP contribution in [0.1, 0.15) is 19.8 Å². The Bertz CT molecular complexity index is 537. The third kappa shape index (κ3) is 4.14. The second kappa shape index (κ2) is 6.59. The van der Waals surface area contributed by atoms with E-state index in [9.17, 15) is 4.79 Å². The number of carbonyl (C=O) groups is 1. The summed E-state index contributed by atoms with van der Waals surface area (Å²) in [5.41, 5.74) is 0.756. The number of nitrogens with one attached hydrogen (secondary N) is 1. The van der Waals surface area contributed by atoms with Crippen molar-refractivity contribution in [3.05, 3.63) is 54.6 Å². The van der Waals surface area contributed by atoms with Crippen LogP contribution in [0.5, 0.6) is 11.5 Å². The zero-order valence-corrected chi connectivity index (χ0v) is 10.9. The summed E-state index contributed by atoms with van der Waals surface area (Å²) >= 11 is 0. The van der Waals surface area contributed by atoms with E-state index >= 15 is 0 Å². The van der Waals surface area contributed by atoms with Crippen LogP contribution in [0.2, 0.25) is 0 Å². The van der Waals surface area contributed by atoms with E-state index in [0.717, 1.165) is 17.9 Å². The lowest BCUT2D eigenvalue weighted by Crippen LogP contribution is -2.10. The number of hydrogen-bond donors (Lipinski definition) is 1. The fourth-order valence-corrected chi connectivity index (χ4v) is 1.71. The molecule has 2 aromatic rings. The van der Waals surface area contributed by atoms with Crippen molar-refractivity contribution >= 4 is 11.6 Å². The first-order valence-corrected chi connectivity index (χ1v) is 6.41. The number of anilines is 1. The molecule has 0 aliphatic heterocycles. The van der Waals surface area contributed by atoms with E-state index < -0.39 is 0 Å². The van der Waals surface area contributed by atoms with E-state index in [0.29, 0.717) is 12.2 Å². The predicted octanol–water partition coefficient (Wildman–Crippen LogP) is 4.22. The van der Waals surface area contributed by atoms with Crippen molar-refractivity contribution in [3.8, 4) is 11.5 Å². The van der Waals surface area contributed by atoms with Crippen LogP contribution in [0.3, 0.4) is 0 Å². The number of rotatable bonds is 5. The lowest BCUT2D eigenvalue weighted by Gasteiger charge is -2.08. The third-order valence-electron chi connectivity index (χ3n) is 2.57. The second-order valence-electron chi connectivity index (χ2n) is 4.24. The minimum atomic E-state index is 0.0272. The monoisotopic (exact) mass is 255 g/mol. The largest absolute Gasteiger partial charge is 0.457 e. The van der Waals surface area contributed by atoms with Crippen molar-refractivity contribution in [2.45, 2.75) is 19.8 Å². The fraction of sp³-hybridized carbons (Fsp3) is 0.188. The first-order chi connectivity index (χ1) is 9.28. The molecule has 19 heavy (non-hydrogen) atoms. The third-order valence-corrected chi connectivity index (χ3v) is 2.57. The van der Waals surface area contributed by atoms with E-state index in [4.69, 9.17) is 4.74 Å². The van der Waals surface area contributed by atoms with Crippen molar-refractivity contribution in [3.63, 3.8) is 0 Å². The Morgan fingerprint density at radius 3 is 2.53 bits per heavy atom. The molecule has 3 nitrogen and oxygen atoms in total. The summed E-state index contributed by atoms with van der Waals surface area (Å²) in [6.45, 7) is 1.98. The van der Waals surface area contributed by atoms with Crippen LogP contribution in [0.4, 0.5) is 5.69 Å². The maximum atomic E-state index is 11.5. The number of carbonyl (C=O) groups excluding carboxylic acids is 1. The highest BCUT2D eigenvalue weighted by atomic mass is 16.5. The maximum absolute atomic E-state index is 11.5. The topological polar surface area (TPSA) is 38.3 Å². The molecule has 0 atom stereocenters. The van der Waals surface area contributed by atoms with Gasteiger partial charge in [0, 0.05) is 18.2 Å². The van der Waals surface area contributed by atoms with Crippen LogP contribution in [0, 0.1) is 0 Å². The number of hydrogen-bond acceptors (Lipinski definition) is 2. The standard InChI is InChI=1S/C16H17NO2/c1-2-7-16(18)17-13-8-6-11-15(12-13)19-14-9-4-3-5-10-14/h3-6,8-12H,2,7H2,1H3,(H,17,18). The molecule has 0 fully saturated rings. The van der Waals surface area contributed by atoms with E-state index in [1.807, 2.05) is 61.5 Å². The van der Waals surface area contributed by atoms with Crippen LogP contribution in [0.15, 0.2) is 54.6 Å². The molecule has 0 aliphatic rings. The first kappa shape index (κ1) is 13.1. The number of ether oxygens (including phenoxy) is 1. The summed E-state index contributed by atoms with van der Waals surface area (Å²) in [6.07, 6.45) is 1.37. The Balaban J connectivity index is 2.05. The van der Waals surface area contributed by atoms with E-state index in [-0.39, 0.29) is 5.91 Å². The molecular weight excluding hydrogens is 238 g/mol. The molecule has 0 aliphatic carbocycles. The summed E-state index contributed by atoms with van der Waals surface area (Å²) < 4.78 is 5.71. The summed E-state index contributed by atoms with van der Waals surface area (Å²) in [4.78, 5) is 11.5. The summed E-state index contributed by atoms with van der Waals surface area (Å²) in [5.74, 6) is 1.51. The molecule has 3 heteroatoms. The molecule has 0 saturated carbocycles. The SMILES string of the molecule is CCCC(=O)Nc1cccc(Oc2ccccc2)c1. The molecule has 0 radical (unpaired) electrons. The Morgan fingerprint density at radius 2 is 1.79 bits per heavy atom. The Hall–Kier alpha value is -2.29. The average molecular weight is 255 g/mol. The van der Waals surface area contributed by atoms with Gasteiger partial charge in [-0.25, -0.2) is 0 Å². The Morgan fingerprint density at radius 1 is 1.05 bits per heavy atom. The smallest absolute Gasteiger partial charge is 0.224 e. The van der Waals surface area contributed by atoms with E-state index in [1.54, 1.807) is 0 Å². The summed E-state index contributed by atoms with van der Waals surface area (Å²) in [5, 5.41) is 2.85. The highest BCUT2D eigenvalue weighted by Gasteiger charge is 2.02. The van der Waals surface area contributed by atoms with Crippen molar-refractivity contribution in [2.24, 2.45) is 0 Å². The summed E-state index contributed by atoms with van der Waals surface area (Å²) in [6, 6.07) is 17.0. The van der Waals surface area contributed by atoms with Gasteiger partial charge in [-0.3, -0.25) is 4.79 Å². The predicted molar refractivity (Wildman–Crippen MR) is 76.5 cm³/mol. The zero-order chi connectivity index (χ0) is 13.5. The molecule has 0 unspecified atom stereocenters. The minimum Gasteiger partial charge on any atom is -0.457 e. The maximum Gasteiger partial charge on any atom is 0.224 e. The normalized spacial score (nSPS) is 9.95. The molecule has 2 aromatic carbocycles. The average Bonchev–Trinajstić information content (AvgIpc) is 2.40. The number of para-hydroxylation sites is 1. The van der Waals surface area contributed by atoms with Gasteiger partial charge in [-0.1, -0.05) is 31.2 Å². The quantitative estimate of drug-likeness (QED) is 0.868. The second-order valence-corrected chi connectivity index (χ2v) is 4.24. The van der Waals surface area contributed by atoms with Crippen LogP contribution in [-0.4, -0.2) is 5.91 Å². The van der Waals surface area contributed by atoms with Gasteiger partial charge in [0.05, 0.1) is 0 Å². The Labute approximate surface area is 113 Å². The lowest BCUT2D eigenvalue weighted by atomic mass is 10.2. The molecule has 2 rings (SSSR count). The number of amides is 1. The fourth-order valence-electron chi connectivity index (χ4n) is 1.71. The van der Waals surface area contributed by atoms with Crippen molar-refractivity contribution in [1.29, 1.82) is 0 Å². The molecule has 0 aromatic heterocycles. The van der Waals surface area contributed by atoms with Crippen LogP contribution in [-0.2, 0) is 4.79 Å². The van der Waals surface area contributed by atoms with Gasteiger partial charge in [0.1, 0.15) is 11.5 Å². The molecule has 0 spiro atoms.